The molecule has 0 bridgehead atoms. The van der Waals surface area contributed by atoms with Gasteiger partial charge in [0.1, 0.15) is 10.8 Å². The Morgan fingerprint density at radius 2 is 1.96 bits per heavy atom. The standard InChI is InChI=1S/C20H24N2O4S/c1-20(2,3)13-8-9-16(25-4)15(11-13)22-17(23)12-26-19(24)14-7-6-10-21-18(14)27-5/h6-11H,12H2,1-5H3,(H,22,23). The van der Waals surface area contributed by atoms with E-state index in [2.05, 4.69) is 31.1 Å². The van der Waals surface area contributed by atoms with Crippen LogP contribution in [0, 0.1) is 0 Å². The number of benzene rings is 1. The quantitative estimate of drug-likeness (QED) is 0.597. The number of nitrogens with one attached hydrogen (secondary N) is 1. The van der Waals surface area contributed by atoms with Gasteiger partial charge < -0.3 is 14.8 Å². The first-order valence-electron chi connectivity index (χ1n) is 8.40. The van der Waals surface area contributed by atoms with Crippen LogP contribution >= 0.6 is 11.8 Å². The van der Waals surface area contributed by atoms with E-state index in [1.165, 1.54) is 18.9 Å². The summed E-state index contributed by atoms with van der Waals surface area (Å²) in [5, 5.41) is 3.31. The Balaban J connectivity index is 2.06. The van der Waals surface area contributed by atoms with Gasteiger partial charge in [-0.1, -0.05) is 26.8 Å². The number of thioether (sulfide) groups is 1. The summed E-state index contributed by atoms with van der Waals surface area (Å²) in [6.45, 7) is 5.85. The normalized spacial score (nSPS) is 11.0. The number of hydrogen-bond acceptors (Lipinski definition) is 6. The molecular weight excluding hydrogens is 364 g/mol. The predicted octanol–water partition coefficient (Wildman–Crippen LogP) is 3.91. The highest BCUT2D eigenvalue weighted by Crippen LogP contribution is 2.31. The predicted molar refractivity (Wildman–Crippen MR) is 107 cm³/mol. The number of anilines is 1. The summed E-state index contributed by atoms with van der Waals surface area (Å²) in [6, 6.07) is 8.91. The fourth-order valence-corrected chi connectivity index (χ4v) is 2.91. The number of hydrogen-bond donors (Lipinski definition) is 1. The highest BCUT2D eigenvalue weighted by Gasteiger charge is 2.18. The van der Waals surface area contributed by atoms with Crippen molar-refractivity contribution in [2.45, 2.75) is 31.2 Å². The summed E-state index contributed by atoms with van der Waals surface area (Å²) in [4.78, 5) is 28.6. The molecule has 1 amide bonds. The first-order valence-corrected chi connectivity index (χ1v) is 9.63. The lowest BCUT2D eigenvalue weighted by Gasteiger charge is -2.21. The summed E-state index contributed by atoms with van der Waals surface area (Å²) in [7, 11) is 1.54. The Kier molecular flexibility index (Phi) is 6.85. The molecule has 0 aliphatic heterocycles. The molecule has 1 N–H and O–H groups in total. The van der Waals surface area contributed by atoms with Gasteiger partial charge in [-0.25, -0.2) is 9.78 Å². The molecule has 1 aromatic heterocycles. The van der Waals surface area contributed by atoms with Gasteiger partial charge in [-0.15, -0.1) is 11.8 Å². The highest BCUT2D eigenvalue weighted by molar-refractivity contribution is 7.98. The second kappa shape index (κ2) is 8.90. The van der Waals surface area contributed by atoms with Gasteiger partial charge in [0, 0.05) is 6.20 Å². The molecular formula is C20H24N2O4S. The monoisotopic (exact) mass is 388 g/mol. The molecule has 2 aromatic rings. The van der Waals surface area contributed by atoms with Gasteiger partial charge in [-0.2, -0.15) is 0 Å². The lowest BCUT2D eigenvalue weighted by molar-refractivity contribution is -0.119. The fraction of sp³-hybridized carbons (Fsp3) is 0.350. The van der Waals surface area contributed by atoms with Crippen LogP contribution < -0.4 is 10.1 Å². The molecule has 1 aromatic carbocycles. The third-order valence-corrected chi connectivity index (χ3v) is 4.57. The first kappa shape index (κ1) is 20.8. The molecule has 0 unspecified atom stereocenters. The van der Waals surface area contributed by atoms with E-state index in [9.17, 15) is 9.59 Å². The van der Waals surface area contributed by atoms with E-state index >= 15 is 0 Å². The Labute approximate surface area is 163 Å². The van der Waals surface area contributed by atoms with E-state index < -0.39 is 18.5 Å². The smallest absolute Gasteiger partial charge is 0.341 e. The topological polar surface area (TPSA) is 77.5 Å². The Morgan fingerprint density at radius 1 is 1.22 bits per heavy atom. The van der Waals surface area contributed by atoms with Gasteiger partial charge >= 0.3 is 5.97 Å². The van der Waals surface area contributed by atoms with E-state index in [4.69, 9.17) is 9.47 Å². The molecule has 0 aliphatic carbocycles. The number of amides is 1. The van der Waals surface area contributed by atoms with Crippen molar-refractivity contribution in [3.63, 3.8) is 0 Å². The van der Waals surface area contributed by atoms with Crippen LogP contribution in [0.15, 0.2) is 41.6 Å². The number of carbonyl (C=O) groups is 2. The van der Waals surface area contributed by atoms with Gasteiger partial charge in [0.05, 0.1) is 18.4 Å². The zero-order valence-electron chi connectivity index (χ0n) is 16.2. The average Bonchev–Trinajstić information content (AvgIpc) is 2.65. The maximum Gasteiger partial charge on any atom is 0.341 e. The van der Waals surface area contributed by atoms with Crippen molar-refractivity contribution in [2.24, 2.45) is 0 Å². The molecule has 0 radical (unpaired) electrons. The Hall–Kier alpha value is -2.54. The van der Waals surface area contributed by atoms with Gasteiger partial charge in [-0.05, 0) is 41.5 Å². The number of carbonyl (C=O) groups excluding carboxylic acids is 2. The second-order valence-corrected chi connectivity index (χ2v) is 7.64. The summed E-state index contributed by atoms with van der Waals surface area (Å²) >= 11 is 1.34. The molecule has 1 heterocycles. The maximum absolute atomic E-state index is 12.3. The molecule has 7 heteroatoms. The number of esters is 1. The number of pyridine rings is 1. The summed E-state index contributed by atoms with van der Waals surface area (Å²) in [6.07, 6.45) is 3.42. The number of rotatable bonds is 6. The minimum Gasteiger partial charge on any atom is -0.495 e. The summed E-state index contributed by atoms with van der Waals surface area (Å²) in [5.41, 5.74) is 1.85. The third-order valence-electron chi connectivity index (χ3n) is 3.86. The molecule has 0 atom stereocenters. The van der Waals surface area contributed by atoms with Crippen molar-refractivity contribution in [3.05, 3.63) is 47.7 Å². The van der Waals surface area contributed by atoms with Crippen LogP contribution in [0.5, 0.6) is 5.75 Å². The molecule has 0 aliphatic rings. The van der Waals surface area contributed by atoms with Gasteiger partial charge in [0.15, 0.2) is 6.61 Å². The SMILES string of the molecule is COc1ccc(C(C)(C)C)cc1NC(=O)COC(=O)c1cccnc1SC. The van der Waals surface area contributed by atoms with Crippen LogP contribution in [0.2, 0.25) is 0 Å². The molecule has 27 heavy (non-hydrogen) atoms. The van der Waals surface area contributed by atoms with Crippen LogP contribution in [-0.4, -0.2) is 36.8 Å². The van der Waals surface area contributed by atoms with Crippen molar-refractivity contribution >= 4 is 29.3 Å². The zero-order chi connectivity index (χ0) is 20.0. The molecule has 0 saturated heterocycles. The lowest BCUT2D eigenvalue weighted by atomic mass is 9.87. The average molecular weight is 388 g/mol. The van der Waals surface area contributed by atoms with E-state index in [-0.39, 0.29) is 5.41 Å². The van der Waals surface area contributed by atoms with Crippen LogP contribution in [0.1, 0.15) is 36.7 Å². The van der Waals surface area contributed by atoms with Crippen LogP contribution in [-0.2, 0) is 14.9 Å². The highest BCUT2D eigenvalue weighted by atomic mass is 32.2. The molecule has 6 nitrogen and oxygen atoms in total. The van der Waals surface area contributed by atoms with Crippen LogP contribution in [0.4, 0.5) is 5.69 Å². The molecule has 0 saturated carbocycles. The zero-order valence-corrected chi connectivity index (χ0v) is 17.0. The fourth-order valence-electron chi connectivity index (χ4n) is 2.38. The number of methoxy groups -OCH3 is 1. The third kappa shape index (κ3) is 5.47. The van der Waals surface area contributed by atoms with Crippen molar-refractivity contribution in [2.75, 3.05) is 25.3 Å². The largest absolute Gasteiger partial charge is 0.495 e. The van der Waals surface area contributed by atoms with Gasteiger partial charge in [-0.3, -0.25) is 4.79 Å². The lowest BCUT2D eigenvalue weighted by Crippen LogP contribution is -2.22. The molecule has 0 fully saturated rings. The van der Waals surface area contributed by atoms with E-state index in [0.717, 1.165) is 5.56 Å². The summed E-state index contributed by atoms with van der Waals surface area (Å²) < 4.78 is 10.4. The van der Waals surface area contributed by atoms with Crippen LogP contribution in [0.25, 0.3) is 0 Å². The molecule has 2 rings (SSSR count). The minimum absolute atomic E-state index is 0.0766. The Bertz CT molecular complexity index is 831. The number of ether oxygens (including phenoxy) is 2. The van der Waals surface area contributed by atoms with Gasteiger partial charge in [0.25, 0.3) is 5.91 Å². The molecule has 144 valence electrons. The van der Waals surface area contributed by atoms with E-state index in [0.29, 0.717) is 22.0 Å². The Morgan fingerprint density at radius 3 is 2.59 bits per heavy atom. The molecule has 0 spiro atoms. The second-order valence-electron chi connectivity index (χ2n) is 6.85. The van der Waals surface area contributed by atoms with E-state index in [1.807, 2.05) is 24.5 Å². The van der Waals surface area contributed by atoms with Crippen molar-refractivity contribution < 1.29 is 19.1 Å². The van der Waals surface area contributed by atoms with Crippen molar-refractivity contribution in [1.29, 1.82) is 0 Å². The van der Waals surface area contributed by atoms with Crippen LogP contribution in [0.3, 0.4) is 0 Å². The summed E-state index contributed by atoms with van der Waals surface area (Å²) in [5.74, 6) is -0.486. The first-order chi connectivity index (χ1) is 12.8. The number of aromatic nitrogens is 1. The van der Waals surface area contributed by atoms with E-state index in [1.54, 1.807) is 18.3 Å². The number of nitrogens with zero attached hydrogens (tertiary/aromatic N) is 1. The minimum atomic E-state index is -0.585. The van der Waals surface area contributed by atoms with Crippen molar-refractivity contribution in [1.82, 2.24) is 4.98 Å². The van der Waals surface area contributed by atoms with Gasteiger partial charge in [0.2, 0.25) is 0 Å². The van der Waals surface area contributed by atoms with Crippen molar-refractivity contribution in [3.8, 4) is 5.75 Å². The maximum atomic E-state index is 12.3.